The number of fused-ring (bicyclic) bond motifs is 1. The van der Waals surface area contributed by atoms with Crippen LogP contribution in [0.1, 0.15) is 31.1 Å². The summed E-state index contributed by atoms with van der Waals surface area (Å²) in [4.78, 5) is 43.9. The standard InChI is InChI=1S/C20H21N3O7S/c1-22(2)11-10-21-31(27,28)17-12-13(8-9-16(17)29-3)20(26)30-23-18(24)14-6-4-5-7-15(14)19(23)25/h4-9,12,21H,10-11H2,1-3H3. The zero-order valence-electron chi connectivity index (χ0n) is 17.1. The van der Waals surface area contributed by atoms with E-state index < -0.39 is 27.8 Å². The number of carbonyl (C=O) groups is 3. The molecule has 1 heterocycles. The summed E-state index contributed by atoms with van der Waals surface area (Å²) in [6, 6.07) is 9.69. The van der Waals surface area contributed by atoms with E-state index in [1.54, 1.807) is 31.1 Å². The highest BCUT2D eigenvalue weighted by Gasteiger charge is 2.39. The monoisotopic (exact) mass is 447 g/mol. The van der Waals surface area contributed by atoms with Gasteiger partial charge >= 0.3 is 5.97 Å². The summed E-state index contributed by atoms with van der Waals surface area (Å²) in [6.45, 7) is 0.602. The zero-order chi connectivity index (χ0) is 22.8. The Hall–Kier alpha value is -3.28. The average Bonchev–Trinajstić information content (AvgIpc) is 2.98. The second kappa shape index (κ2) is 8.84. The van der Waals surface area contributed by atoms with Crippen LogP contribution in [0.2, 0.25) is 0 Å². The lowest BCUT2D eigenvalue weighted by atomic mass is 10.1. The van der Waals surface area contributed by atoms with Gasteiger partial charge in [-0.2, -0.15) is 0 Å². The van der Waals surface area contributed by atoms with Gasteiger partial charge in [-0.05, 0) is 44.4 Å². The van der Waals surface area contributed by atoms with Gasteiger partial charge in [0.2, 0.25) is 10.0 Å². The number of nitrogens with one attached hydrogen (secondary N) is 1. The van der Waals surface area contributed by atoms with Gasteiger partial charge in [-0.1, -0.05) is 17.2 Å². The van der Waals surface area contributed by atoms with E-state index >= 15 is 0 Å². The van der Waals surface area contributed by atoms with Crippen molar-refractivity contribution in [2.24, 2.45) is 0 Å². The summed E-state index contributed by atoms with van der Waals surface area (Å²) in [5, 5.41) is 0.362. The molecule has 164 valence electrons. The normalized spacial score (nSPS) is 13.5. The molecule has 0 spiro atoms. The first-order valence-corrected chi connectivity index (χ1v) is 10.7. The Balaban J connectivity index is 1.84. The van der Waals surface area contributed by atoms with Crippen molar-refractivity contribution < 1.29 is 32.4 Å². The van der Waals surface area contributed by atoms with Crippen molar-refractivity contribution in [2.45, 2.75) is 4.90 Å². The number of sulfonamides is 1. The Kier molecular flexibility index (Phi) is 6.39. The molecule has 1 aliphatic heterocycles. The third kappa shape index (κ3) is 4.58. The molecule has 0 saturated heterocycles. The van der Waals surface area contributed by atoms with Crippen molar-refractivity contribution in [1.82, 2.24) is 14.7 Å². The maximum absolute atomic E-state index is 12.7. The van der Waals surface area contributed by atoms with Gasteiger partial charge in [-0.3, -0.25) is 9.59 Å². The van der Waals surface area contributed by atoms with E-state index in [1.165, 1.54) is 31.4 Å². The summed E-state index contributed by atoms with van der Waals surface area (Å²) in [7, 11) is 0.885. The number of rotatable bonds is 8. The maximum atomic E-state index is 12.7. The van der Waals surface area contributed by atoms with Crippen LogP contribution in [0.5, 0.6) is 5.75 Å². The minimum Gasteiger partial charge on any atom is -0.495 e. The molecular formula is C20H21N3O7S. The first-order chi connectivity index (χ1) is 14.7. The van der Waals surface area contributed by atoms with E-state index in [0.29, 0.717) is 11.6 Å². The molecule has 2 amide bonds. The molecule has 31 heavy (non-hydrogen) atoms. The fourth-order valence-corrected chi connectivity index (χ4v) is 4.09. The van der Waals surface area contributed by atoms with E-state index in [1.807, 2.05) is 0 Å². The number of benzene rings is 2. The smallest absolute Gasteiger partial charge is 0.363 e. The topological polar surface area (TPSA) is 122 Å². The van der Waals surface area contributed by atoms with Gasteiger partial charge < -0.3 is 14.5 Å². The van der Waals surface area contributed by atoms with Gasteiger partial charge in [0.25, 0.3) is 11.8 Å². The molecule has 0 fully saturated rings. The number of amides is 2. The van der Waals surface area contributed by atoms with Crippen molar-refractivity contribution in [3.8, 4) is 5.75 Å². The highest BCUT2D eigenvalue weighted by molar-refractivity contribution is 7.89. The van der Waals surface area contributed by atoms with Gasteiger partial charge in [0, 0.05) is 13.1 Å². The first kappa shape index (κ1) is 22.4. The van der Waals surface area contributed by atoms with E-state index in [2.05, 4.69) is 4.72 Å². The van der Waals surface area contributed by atoms with Crippen LogP contribution >= 0.6 is 0 Å². The van der Waals surface area contributed by atoms with Crippen LogP contribution in [0.3, 0.4) is 0 Å². The van der Waals surface area contributed by atoms with E-state index in [0.717, 1.165) is 6.07 Å². The van der Waals surface area contributed by atoms with Gasteiger partial charge in [0.15, 0.2) is 0 Å². The number of hydrogen-bond acceptors (Lipinski definition) is 8. The predicted molar refractivity (Wildman–Crippen MR) is 109 cm³/mol. The fraction of sp³-hybridized carbons (Fsp3) is 0.250. The molecule has 1 N–H and O–H groups in total. The Morgan fingerprint density at radius 2 is 1.68 bits per heavy atom. The van der Waals surface area contributed by atoms with Crippen LogP contribution in [-0.2, 0) is 14.9 Å². The van der Waals surface area contributed by atoms with Gasteiger partial charge in [0.05, 0.1) is 23.8 Å². The number of likely N-dealkylation sites (N-methyl/N-ethyl adjacent to an activating group) is 1. The molecule has 2 aromatic carbocycles. The number of hydrogen-bond donors (Lipinski definition) is 1. The van der Waals surface area contributed by atoms with Crippen LogP contribution < -0.4 is 9.46 Å². The lowest BCUT2D eigenvalue weighted by molar-refractivity contribution is -0.0584. The molecule has 0 atom stereocenters. The molecule has 0 aliphatic carbocycles. The number of methoxy groups -OCH3 is 1. The number of nitrogens with zero attached hydrogens (tertiary/aromatic N) is 2. The summed E-state index contributed by atoms with van der Waals surface area (Å²) in [6.07, 6.45) is 0. The molecule has 0 saturated carbocycles. The Bertz CT molecular complexity index is 1110. The van der Waals surface area contributed by atoms with Crippen LogP contribution in [0, 0.1) is 0 Å². The van der Waals surface area contributed by atoms with Crippen LogP contribution in [0.4, 0.5) is 0 Å². The molecule has 10 nitrogen and oxygen atoms in total. The molecule has 0 unspecified atom stereocenters. The minimum absolute atomic E-state index is 0.0228. The number of imide groups is 1. The molecular weight excluding hydrogens is 426 g/mol. The molecule has 11 heteroatoms. The minimum atomic E-state index is -4.00. The third-order valence-corrected chi connectivity index (χ3v) is 5.95. The summed E-state index contributed by atoms with van der Waals surface area (Å²) >= 11 is 0. The average molecular weight is 447 g/mol. The van der Waals surface area contributed by atoms with Gasteiger partial charge in [-0.15, -0.1) is 0 Å². The Morgan fingerprint density at radius 3 is 2.23 bits per heavy atom. The molecule has 2 aromatic rings. The van der Waals surface area contributed by atoms with Crippen molar-refractivity contribution in [1.29, 1.82) is 0 Å². The predicted octanol–water partition coefficient (Wildman–Crippen LogP) is 0.903. The summed E-state index contributed by atoms with van der Waals surface area (Å²) in [5.74, 6) is -2.60. The van der Waals surface area contributed by atoms with Crippen LogP contribution in [0.15, 0.2) is 47.4 Å². The van der Waals surface area contributed by atoms with Gasteiger partial charge in [0.1, 0.15) is 10.6 Å². The van der Waals surface area contributed by atoms with E-state index in [4.69, 9.17) is 9.57 Å². The first-order valence-electron chi connectivity index (χ1n) is 9.18. The van der Waals surface area contributed by atoms with Crippen molar-refractivity contribution in [3.63, 3.8) is 0 Å². The van der Waals surface area contributed by atoms with Crippen LogP contribution in [-0.4, -0.2) is 70.5 Å². The number of ether oxygens (including phenoxy) is 1. The maximum Gasteiger partial charge on any atom is 0.363 e. The quantitative estimate of drug-likeness (QED) is 0.593. The molecule has 0 radical (unpaired) electrons. The highest BCUT2D eigenvalue weighted by atomic mass is 32.2. The summed E-state index contributed by atoms with van der Waals surface area (Å²) < 4.78 is 32.9. The van der Waals surface area contributed by atoms with Crippen molar-refractivity contribution >= 4 is 27.8 Å². The number of carbonyl (C=O) groups excluding carboxylic acids is 3. The molecule has 0 bridgehead atoms. The summed E-state index contributed by atoms with van der Waals surface area (Å²) in [5.41, 5.74) is 0.0529. The van der Waals surface area contributed by atoms with Crippen LogP contribution in [0.25, 0.3) is 0 Å². The van der Waals surface area contributed by atoms with Crippen molar-refractivity contribution in [3.05, 3.63) is 59.2 Å². The Labute approximate surface area is 179 Å². The van der Waals surface area contributed by atoms with Crippen molar-refractivity contribution in [2.75, 3.05) is 34.3 Å². The number of hydroxylamine groups is 2. The largest absolute Gasteiger partial charge is 0.495 e. The lowest BCUT2D eigenvalue weighted by Crippen LogP contribution is -2.33. The zero-order valence-corrected chi connectivity index (χ0v) is 17.9. The SMILES string of the molecule is COc1ccc(C(=O)ON2C(=O)c3ccccc3C2=O)cc1S(=O)(=O)NCCN(C)C. The fourth-order valence-electron chi connectivity index (χ4n) is 2.88. The Morgan fingerprint density at radius 1 is 1.06 bits per heavy atom. The highest BCUT2D eigenvalue weighted by Crippen LogP contribution is 2.27. The third-order valence-electron chi connectivity index (χ3n) is 4.47. The van der Waals surface area contributed by atoms with E-state index in [-0.39, 0.29) is 33.9 Å². The van der Waals surface area contributed by atoms with Gasteiger partial charge in [-0.25, -0.2) is 17.9 Å². The van der Waals surface area contributed by atoms with E-state index in [9.17, 15) is 22.8 Å². The molecule has 3 rings (SSSR count). The molecule has 0 aromatic heterocycles. The second-order valence-corrected chi connectivity index (χ2v) is 8.63. The lowest BCUT2D eigenvalue weighted by Gasteiger charge is -2.15. The second-order valence-electron chi connectivity index (χ2n) is 6.90. The molecule has 1 aliphatic rings.